The van der Waals surface area contributed by atoms with Crippen molar-refractivity contribution < 1.29 is 4.79 Å². The Labute approximate surface area is 160 Å². The van der Waals surface area contributed by atoms with Gasteiger partial charge in [-0.05, 0) is 57.3 Å². The highest BCUT2D eigenvalue weighted by Crippen LogP contribution is 2.25. The molecule has 0 radical (unpaired) electrons. The molecule has 5 heteroatoms. The first-order valence-corrected chi connectivity index (χ1v) is 9.67. The Morgan fingerprint density at radius 1 is 1.11 bits per heavy atom. The van der Waals surface area contributed by atoms with Crippen LogP contribution in [0.4, 0.5) is 0 Å². The van der Waals surface area contributed by atoms with Crippen LogP contribution in [0.5, 0.6) is 0 Å². The summed E-state index contributed by atoms with van der Waals surface area (Å²) >= 11 is 0. The van der Waals surface area contributed by atoms with Gasteiger partial charge in [-0.15, -0.1) is 0 Å². The minimum atomic E-state index is -0.0197. The van der Waals surface area contributed by atoms with Crippen molar-refractivity contribution in [2.24, 2.45) is 7.05 Å². The largest absolute Gasteiger partial charge is 0.331 e. The third-order valence-electron chi connectivity index (χ3n) is 5.80. The molecule has 27 heavy (non-hydrogen) atoms. The normalized spacial score (nSPS) is 16.1. The van der Waals surface area contributed by atoms with E-state index in [9.17, 15) is 4.79 Å². The molecule has 2 aromatic heterocycles. The minimum absolute atomic E-state index is 0.0197. The number of fused-ring (bicyclic) bond motifs is 1. The molecule has 0 saturated carbocycles. The van der Waals surface area contributed by atoms with Crippen LogP contribution in [0.1, 0.15) is 31.3 Å². The first-order chi connectivity index (χ1) is 13.0. The second-order valence-electron chi connectivity index (χ2n) is 7.55. The first kappa shape index (κ1) is 17.9. The summed E-state index contributed by atoms with van der Waals surface area (Å²) < 4.78 is 2.09. The van der Waals surface area contributed by atoms with Gasteiger partial charge in [0, 0.05) is 29.9 Å². The Morgan fingerprint density at radius 3 is 2.59 bits per heavy atom. The van der Waals surface area contributed by atoms with E-state index in [1.54, 1.807) is 0 Å². The number of hydrogen-bond acceptors (Lipinski definition) is 4. The number of likely N-dealkylation sites (tertiary alicyclic amines) is 1. The topological polar surface area (TPSA) is 51.0 Å². The van der Waals surface area contributed by atoms with E-state index in [0.717, 1.165) is 46.6 Å². The average molecular weight is 362 g/mol. The molecule has 3 aromatic rings. The summed E-state index contributed by atoms with van der Waals surface area (Å²) in [4.78, 5) is 23.9. The van der Waals surface area contributed by atoms with Gasteiger partial charge in [-0.25, -0.2) is 4.98 Å². The lowest BCUT2D eigenvalue weighted by Gasteiger charge is -2.22. The number of imidazole rings is 1. The number of carbonyl (C=O) groups is 1. The Morgan fingerprint density at radius 2 is 1.89 bits per heavy atom. The molecule has 1 aliphatic heterocycles. The summed E-state index contributed by atoms with van der Waals surface area (Å²) in [6.45, 7) is 6.09. The second-order valence-corrected chi connectivity index (χ2v) is 7.55. The number of benzene rings is 1. The van der Waals surface area contributed by atoms with Crippen LogP contribution in [-0.4, -0.2) is 44.3 Å². The van der Waals surface area contributed by atoms with E-state index >= 15 is 0 Å². The van der Waals surface area contributed by atoms with Crippen molar-refractivity contribution in [3.05, 3.63) is 48.2 Å². The van der Waals surface area contributed by atoms with E-state index < -0.39 is 0 Å². The van der Waals surface area contributed by atoms with E-state index in [1.165, 1.54) is 12.8 Å². The van der Waals surface area contributed by atoms with Gasteiger partial charge in [-0.3, -0.25) is 14.7 Å². The lowest BCUT2D eigenvalue weighted by molar-refractivity contribution is -0.122. The number of pyridine rings is 1. The number of aromatic nitrogens is 3. The molecule has 140 valence electrons. The molecule has 0 spiro atoms. The zero-order valence-corrected chi connectivity index (χ0v) is 16.3. The monoisotopic (exact) mass is 362 g/mol. The van der Waals surface area contributed by atoms with Crippen molar-refractivity contribution in [2.75, 3.05) is 13.1 Å². The fraction of sp³-hybridized carbons (Fsp3) is 0.409. The summed E-state index contributed by atoms with van der Waals surface area (Å²) in [6, 6.07) is 8.37. The Balaban J connectivity index is 1.59. The van der Waals surface area contributed by atoms with Gasteiger partial charge in [0.05, 0.1) is 24.4 Å². The molecule has 1 aromatic carbocycles. The molecule has 0 N–H and O–H groups in total. The standard InChI is InChI=1S/C22H26N4O/c1-15(26-8-4-5-9-26)22(27)12-20-11-19-10-17(6-7-18(19)13-24-20)21-14-23-16(2)25(21)3/h6-7,10-11,13-15H,4-5,8-9,12H2,1-3H3. The molecule has 3 heterocycles. The third-order valence-corrected chi connectivity index (χ3v) is 5.80. The number of carbonyl (C=O) groups excluding carboxylic acids is 1. The van der Waals surface area contributed by atoms with Gasteiger partial charge in [0.2, 0.25) is 0 Å². The Bertz CT molecular complexity index is 985. The maximum atomic E-state index is 12.7. The maximum absolute atomic E-state index is 12.7. The van der Waals surface area contributed by atoms with Crippen LogP contribution in [0.2, 0.25) is 0 Å². The number of rotatable bonds is 5. The van der Waals surface area contributed by atoms with Gasteiger partial charge in [0.1, 0.15) is 5.82 Å². The SMILES string of the molecule is Cc1ncc(-c2ccc3cnc(CC(=O)C(C)N4CCCC4)cc3c2)n1C. The molecule has 1 aliphatic rings. The molecule has 0 amide bonds. The van der Waals surface area contributed by atoms with Crippen LogP contribution in [-0.2, 0) is 18.3 Å². The maximum Gasteiger partial charge on any atom is 0.155 e. The molecule has 0 aliphatic carbocycles. The molecular formula is C22H26N4O. The van der Waals surface area contributed by atoms with Gasteiger partial charge in [0.25, 0.3) is 0 Å². The van der Waals surface area contributed by atoms with Gasteiger partial charge in [0.15, 0.2) is 5.78 Å². The predicted octanol–water partition coefficient (Wildman–Crippen LogP) is 3.54. The molecule has 1 fully saturated rings. The molecule has 1 saturated heterocycles. The summed E-state index contributed by atoms with van der Waals surface area (Å²) in [5.74, 6) is 1.24. The van der Waals surface area contributed by atoms with Crippen LogP contribution in [0, 0.1) is 6.92 Å². The third kappa shape index (κ3) is 3.52. The first-order valence-electron chi connectivity index (χ1n) is 9.67. The highest BCUT2D eigenvalue weighted by atomic mass is 16.1. The molecule has 4 rings (SSSR count). The zero-order valence-electron chi connectivity index (χ0n) is 16.3. The smallest absolute Gasteiger partial charge is 0.155 e. The van der Waals surface area contributed by atoms with E-state index in [4.69, 9.17) is 0 Å². The van der Waals surface area contributed by atoms with E-state index in [0.29, 0.717) is 6.42 Å². The highest BCUT2D eigenvalue weighted by molar-refractivity contribution is 5.89. The second kappa shape index (κ2) is 7.24. The number of nitrogens with zero attached hydrogens (tertiary/aromatic N) is 4. The number of ketones is 1. The van der Waals surface area contributed by atoms with Gasteiger partial charge in [-0.2, -0.15) is 0 Å². The average Bonchev–Trinajstić information content (AvgIpc) is 3.31. The fourth-order valence-electron chi connectivity index (χ4n) is 3.87. The lowest BCUT2D eigenvalue weighted by atomic mass is 10.0. The van der Waals surface area contributed by atoms with Crippen molar-refractivity contribution in [1.29, 1.82) is 0 Å². The molecule has 1 unspecified atom stereocenters. The van der Waals surface area contributed by atoms with Gasteiger partial charge >= 0.3 is 0 Å². The van der Waals surface area contributed by atoms with Crippen molar-refractivity contribution in [1.82, 2.24) is 19.4 Å². The van der Waals surface area contributed by atoms with Crippen molar-refractivity contribution >= 4 is 16.6 Å². The number of aryl methyl sites for hydroxylation is 1. The quantitative estimate of drug-likeness (QED) is 0.697. The summed E-state index contributed by atoms with van der Waals surface area (Å²) in [5, 5.41) is 2.19. The van der Waals surface area contributed by atoms with Crippen LogP contribution < -0.4 is 0 Å². The van der Waals surface area contributed by atoms with Crippen LogP contribution in [0.15, 0.2) is 36.7 Å². The van der Waals surface area contributed by atoms with Crippen molar-refractivity contribution in [3.63, 3.8) is 0 Å². The van der Waals surface area contributed by atoms with Gasteiger partial charge in [-0.1, -0.05) is 12.1 Å². The highest BCUT2D eigenvalue weighted by Gasteiger charge is 2.24. The predicted molar refractivity (Wildman–Crippen MR) is 108 cm³/mol. The summed E-state index contributed by atoms with van der Waals surface area (Å²) in [6.07, 6.45) is 6.56. The minimum Gasteiger partial charge on any atom is -0.331 e. The summed E-state index contributed by atoms with van der Waals surface area (Å²) in [5.41, 5.74) is 3.06. The lowest BCUT2D eigenvalue weighted by Crippen LogP contribution is -2.37. The fourth-order valence-corrected chi connectivity index (χ4v) is 3.87. The molecule has 0 bridgehead atoms. The van der Waals surface area contributed by atoms with Crippen molar-refractivity contribution in [2.45, 2.75) is 39.2 Å². The Hall–Kier alpha value is -2.53. The van der Waals surface area contributed by atoms with Gasteiger partial charge < -0.3 is 4.57 Å². The van der Waals surface area contributed by atoms with E-state index in [1.807, 2.05) is 33.3 Å². The van der Waals surface area contributed by atoms with Crippen LogP contribution in [0.25, 0.3) is 22.0 Å². The number of hydrogen-bond donors (Lipinski definition) is 0. The summed E-state index contributed by atoms with van der Waals surface area (Å²) in [7, 11) is 2.03. The Kier molecular flexibility index (Phi) is 4.79. The zero-order chi connectivity index (χ0) is 19.0. The van der Waals surface area contributed by atoms with E-state index in [2.05, 4.69) is 43.7 Å². The number of Topliss-reactive ketones (excluding diaryl/α,β-unsaturated/α-hetero) is 1. The van der Waals surface area contributed by atoms with Crippen LogP contribution >= 0.6 is 0 Å². The molecular weight excluding hydrogens is 336 g/mol. The molecule has 5 nitrogen and oxygen atoms in total. The van der Waals surface area contributed by atoms with E-state index in [-0.39, 0.29) is 11.8 Å². The molecule has 1 atom stereocenters. The van der Waals surface area contributed by atoms with Crippen LogP contribution in [0.3, 0.4) is 0 Å². The van der Waals surface area contributed by atoms with Crippen molar-refractivity contribution in [3.8, 4) is 11.3 Å².